The Balaban J connectivity index is 0.000000138. The number of para-hydroxylation sites is 2. The Morgan fingerprint density at radius 3 is 1.90 bits per heavy atom. The number of benzene rings is 2. The topological polar surface area (TPSA) is 72.3 Å². The third-order valence-electron chi connectivity index (χ3n) is 7.06. The highest BCUT2D eigenvalue weighted by Crippen LogP contribution is 2.33. The zero-order valence-electron chi connectivity index (χ0n) is 23.4. The van der Waals surface area contributed by atoms with Gasteiger partial charge in [-0.3, -0.25) is 24.3 Å². The number of pyridine rings is 4. The Morgan fingerprint density at radius 2 is 1.20 bits per heavy atom. The smallest absolute Gasteiger partial charge is 0.113 e. The van der Waals surface area contributed by atoms with E-state index in [2.05, 4.69) is 85.1 Å². The maximum atomic E-state index is 9.96. The van der Waals surface area contributed by atoms with E-state index in [1.165, 1.54) is 27.1 Å². The molecule has 8 aromatic rings. The Kier molecular flexibility index (Phi) is 6.81. The molecule has 0 atom stereocenters. The minimum absolute atomic E-state index is 0.889. The van der Waals surface area contributed by atoms with Gasteiger partial charge in [-0.25, -0.2) is 0 Å². The average molecular weight is 540 g/mol. The molecule has 0 aliphatic heterocycles. The maximum absolute atomic E-state index is 9.96. The molecule has 0 amide bonds. The van der Waals surface area contributed by atoms with Crippen molar-refractivity contribution in [2.24, 2.45) is 7.05 Å². The highest BCUT2D eigenvalue weighted by Gasteiger charge is 2.14. The van der Waals surface area contributed by atoms with Crippen LogP contribution in [-0.2, 0) is 7.05 Å². The second-order valence-electron chi connectivity index (χ2n) is 9.31. The first-order chi connectivity index (χ1) is 20.7. The van der Waals surface area contributed by atoms with Crippen molar-refractivity contribution in [1.29, 1.82) is 0 Å². The number of hydrogen-bond donors (Lipinski definition) is 1. The number of fused-ring (bicyclic) bond motifs is 6. The van der Waals surface area contributed by atoms with Crippen molar-refractivity contribution < 1.29 is 5.76 Å². The van der Waals surface area contributed by atoms with Gasteiger partial charge in [0.1, 0.15) is 11.4 Å². The Labute approximate surface area is 237 Å². The molecule has 41 heavy (non-hydrogen) atoms. The summed E-state index contributed by atoms with van der Waals surface area (Å²) in [5.41, 5.74) is 8.14. The molecule has 0 fully saturated rings. The number of aromatic nitrogens is 6. The van der Waals surface area contributed by atoms with Crippen LogP contribution in [0.2, 0.25) is 0 Å². The highest BCUT2D eigenvalue weighted by atomic mass is 19.1. The molecule has 0 radical (unpaired) electrons. The summed E-state index contributed by atoms with van der Waals surface area (Å²) in [7, 11) is 1.08. The zero-order valence-corrected chi connectivity index (χ0v) is 22.4. The maximum Gasteiger partial charge on any atom is 0.113 e. The first-order valence-corrected chi connectivity index (χ1v) is 13.1. The second-order valence-corrected chi connectivity index (χ2v) is 9.31. The van der Waals surface area contributed by atoms with Gasteiger partial charge >= 0.3 is 0 Å². The number of alkyl halides is 1. The molecule has 6 nitrogen and oxygen atoms in total. The molecule has 0 aliphatic rings. The van der Waals surface area contributed by atoms with Gasteiger partial charge in [-0.15, -0.1) is 0 Å². The van der Waals surface area contributed by atoms with E-state index >= 15 is 0 Å². The van der Waals surface area contributed by atoms with Crippen LogP contribution in [0.15, 0.2) is 122 Å². The van der Waals surface area contributed by atoms with Crippen LogP contribution >= 0.6 is 0 Å². The van der Waals surface area contributed by atoms with Crippen LogP contribution < -0.4 is 0 Å². The molecular formula is C34H27FN6. The van der Waals surface area contributed by atoms with Crippen molar-refractivity contribution in [1.82, 2.24) is 29.5 Å². The van der Waals surface area contributed by atoms with Crippen LogP contribution in [0.4, 0.5) is 4.39 Å². The Morgan fingerprint density at radius 1 is 0.610 bits per heavy atom. The van der Waals surface area contributed by atoms with Gasteiger partial charge in [-0.05, 0) is 48.5 Å². The van der Waals surface area contributed by atoms with Crippen molar-refractivity contribution in [3.63, 3.8) is 0 Å². The van der Waals surface area contributed by atoms with Crippen LogP contribution in [0, 0.1) is 0 Å². The van der Waals surface area contributed by atoms with Crippen LogP contribution in [-0.4, -0.2) is 36.6 Å². The quantitative estimate of drug-likeness (QED) is 0.241. The number of rotatable bonds is 2. The number of nitrogens with zero attached hydrogens (tertiary/aromatic N) is 5. The molecule has 0 saturated heterocycles. The third-order valence-corrected chi connectivity index (χ3v) is 7.06. The fourth-order valence-corrected chi connectivity index (χ4v) is 5.29. The Hall–Kier alpha value is -5.43. The molecule has 0 aliphatic carbocycles. The molecule has 6 aromatic heterocycles. The summed E-state index contributed by atoms with van der Waals surface area (Å²) in [6.07, 6.45) is 7.29. The van der Waals surface area contributed by atoms with E-state index in [0.29, 0.717) is 0 Å². The van der Waals surface area contributed by atoms with Crippen LogP contribution in [0.5, 0.6) is 0 Å². The number of aromatic amines is 1. The number of hydrogen-bond acceptors (Lipinski definition) is 4. The lowest BCUT2D eigenvalue weighted by atomic mass is 10.1. The van der Waals surface area contributed by atoms with Gasteiger partial charge in [-0.1, -0.05) is 48.5 Å². The molecule has 200 valence electrons. The lowest BCUT2D eigenvalue weighted by molar-refractivity contribution is 0.636. The predicted molar refractivity (Wildman–Crippen MR) is 165 cm³/mol. The fraction of sp³-hybridized carbons (Fsp3) is 0.0588. The molecule has 7 heteroatoms. The normalized spacial score (nSPS) is 11.1. The van der Waals surface area contributed by atoms with E-state index in [-0.39, 0.29) is 0 Å². The lowest BCUT2D eigenvalue weighted by Crippen LogP contribution is -1.93. The first kappa shape index (κ1) is 24.6. The molecule has 0 saturated carbocycles. The SMILES string of the molecule is Cn1c2ccccc2c2ccnc(-c3ccccn3)c21.[2H]CF.c1ccc(-c2nccc3c2[nH]c2ccccc23)nc1. The van der Waals surface area contributed by atoms with Crippen LogP contribution in [0.3, 0.4) is 0 Å². The standard InChI is InChI=1S/C17H13N3.C16H11N3.CH3F/c1-20-15-8-3-2-6-12(15)13-9-11-19-16(17(13)20)14-7-4-5-10-18-14;1-2-6-13-11(5-1)12-8-10-18-16(15(12)19-13)14-7-3-4-9-17-14;1-2/h2-11H,1H3;1-10,19H;1H3/i;;1D. The number of H-pyrrole nitrogens is 1. The highest BCUT2D eigenvalue weighted by molar-refractivity contribution is 6.12. The molecular weight excluding hydrogens is 511 g/mol. The van der Waals surface area contributed by atoms with Gasteiger partial charge in [-0.2, -0.15) is 0 Å². The second kappa shape index (κ2) is 11.4. The van der Waals surface area contributed by atoms with Gasteiger partial charge < -0.3 is 9.55 Å². The van der Waals surface area contributed by atoms with Gasteiger partial charge in [0.15, 0.2) is 0 Å². The van der Waals surface area contributed by atoms with Crippen molar-refractivity contribution in [3.8, 4) is 22.8 Å². The molecule has 0 unspecified atom stereocenters. The lowest BCUT2D eigenvalue weighted by Gasteiger charge is -2.04. The zero-order chi connectivity index (χ0) is 28.9. The average Bonchev–Trinajstić information content (AvgIpc) is 3.58. The molecule has 0 bridgehead atoms. The van der Waals surface area contributed by atoms with Crippen LogP contribution in [0.25, 0.3) is 66.4 Å². The first-order valence-electron chi connectivity index (χ1n) is 13.8. The van der Waals surface area contributed by atoms with Gasteiger partial charge in [0, 0.05) is 64.4 Å². The molecule has 6 heterocycles. The van der Waals surface area contributed by atoms with E-state index < -0.39 is 7.15 Å². The number of nitrogens with one attached hydrogen (secondary N) is 1. The third kappa shape index (κ3) is 4.67. The van der Waals surface area contributed by atoms with Crippen molar-refractivity contribution >= 4 is 43.6 Å². The summed E-state index contributed by atoms with van der Waals surface area (Å²) in [6.45, 7) is 0. The van der Waals surface area contributed by atoms with E-state index in [1.54, 1.807) is 12.4 Å². The van der Waals surface area contributed by atoms with Gasteiger partial charge in [0.25, 0.3) is 0 Å². The number of halogens is 1. The van der Waals surface area contributed by atoms with E-state index in [1.807, 2.05) is 60.9 Å². The fourth-order valence-electron chi connectivity index (χ4n) is 5.29. The summed E-state index contributed by atoms with van der Waals surface area (Å²) < 4.78 is 17.7. The molecule has 8 rings (SSSR count). The summed E-state index contributed by atoms with van der Waals surface area (Å²) in [5, 5.41) is 4.88. The molecule has 2 aromatic carbocycles. The minimum atomic E-state index is -1.00. The molecule has 1 N–H and O–H groups in total. The van der Waals surface area contributed by atoms with Crippen LogP contribution in [0.1, 0.15) is 1.37 Å². The number of aryl methyl sites for hydroxylation is 1. The Bertz CT molecular complexity index is 2110. The van der Waals surface area contributed by atoms with Gasteiger partial charge in [0.2, 0.25) is 0 Å². The van der Waals surface area contributed by atoms with Gasteiger partial charge in [0.05, 0.1) is 30.9 Å². The summed E-state index contributed by atoms with van der Waals surface area (Å²) in [5.74, 6) is 0. The van der Waals surface area contributed by atoms with E-state index in [0.717, 1.165) is 39.3 Å². The summed E-state index contributed by atoms with van der Waals surface area (Å²) >= 11 is 0. The minimum Gasteiger partial charge on any atom is -0.353 e. The monoisotopic (exact) mass is 539 g/mol. The van der Waals surface area contributed by atoms with E-state index in [4.69, 9.17) is 1.37 Å². The van der Waals surface area contributed by atoms with Crippen molar-refractivity contribution in [3.05, 3.63) is 122 Å². The summed E-state index contributed by atoms with van der Waals surface area (Å²) in [4.78, 5) is 21.3. The van der Waals surface area contributed by atoms with Crippen molar-refractivity contribution in [2.45, 2.75) is 0 Å². The van der Waals surface area contributed by atoms with E-state index in [9.17, 15) is 4.39 Å². The summed E-state index contributed by atoms with van der Waals surface area (Å²) in [6, 6.07) is 32.6. The molecule has 0 spiro atoms. The largest absolute Gasteiger partial charge is 0.353 e. The predicted octanol–water partition coefficient (Wildman–Crippen LogP) is 8.15. The van der Waals surface area contributed by atoms with Crippen molar-refractivity contribution in [2.75, 3.05) is 7.15 Å².